The summed E-state index contributed by atoms with van der Waals surface area (Å²) in [6, 6.07) is 4.62. The molecule has 2 aliphatic rings. The zero-order chi connectivity index (χ0) is 18.7. The molecule has 0 aromatic heterocycles. The van der Waals surface area contributed by atoms with E-state index in [9.17, 15) is 14.0 Å². The van der Waals surface area contributed by atoms with Crippen molar-refractivity contribution >= 4 is 35.8 Å². The average molecular weight is 418 g/mol. The highest BCUT2D eigenvalue weighted by atomic mass is 35.5. The summed E-state index contributed by atoms with van der Waals surface area (Å²) in [5.41, 5.74) is 5.85. The van der Waals surface area contributed by atoms with Crippen LogP contribution < -0.4 is 11.1 Å². The van der Waals surface area contributed by atoms with Gasteiger partial charge in [-0.3, -0.25) is 9.59 Å². The van der Waals surface area contributed by atoms with E-state index in [1.165, 1.54) is 6.07 Å². The van der Waals surface area contributed by atoms with E-state index in [2.05, 4.69) is 5.32 Å². The first-order chi connectivity index (χ1) is 12.5. The van der Waals surface area contributed by atoms with Crippen molar-refractivity contribution in [1.82, 2.24) is 10.2 Å². The van der Waals surface area contributed by atoms with Crippen LogP contribution in [0.3, 0.4) is 0 Å². The van der Waals surface area contributed by atoms with Gasteiger partial charge in [0.05, 0.1) is 0 Å². The summed E-state index contributed by atoms with van der Waals surface area (Å²) in [4.78, 5) is 26.5. The number of likely N-dealkylation sites (tertiary alicyclic amines) is 1. The van der Waals surface area contributed by atoms with Gasteiger partial charge in [0.25, 0.3) is 0 Å². The predicted molar refractivity (Wildman–Crippen MR) is 106 cm³/mol. The van der Waals surface area contributed by atoms with E-state index in [0.29, 0.717) is 36.6 Å². The fraction of sp³-hybridized carbons (Fsp3) is 0.579. The molecule has 0 spiro atoms. The number of halogens is 3. The number of nitrogens with zero attached hydrogens (tertiary/aromatic N) is 1. The van der Waals surface area contributed by atoms with Crippen LogP contribution in [0.1, 0.15) is 43.6 Å². The predicted octanol–water partition coefficient (Wildman–Crippen LogP) is 2.85. The van der Waals surface area contributed by atoms with E-state index in [0.717, 1.165) is 19.3 Å². The first kappa shape index (κ1) is 21.9. The van der Waals surface area contributed by atoms with Crippen molar-refractivity contribution in [3.63, 3.8) is 0 Å². The normalized spacial score (nSPS) is 24.1. The van der Waals surface area contributed by atoms with Crippen LogP contribution in [0, 0.1) is 11.7 Å². The molecular weight excluding hydrogens is 392 g/mol. The highest BCUT2D eigenvalue weighted by Crippen LogP contribution is 2.51. The number of carbonyl (C=O) groups is 2. The first-order valence-corrected chi connectivity index (χ1v) is 9.62. The maximum atomic E-state index is 14.1. The third-order valence-corrected chi connectivity index (χ3v) is 5.62. The van der Waals surface area contributed by atoms with E-state index < -0.39 is 0 Å². The van der Waals surface area contributed by atoms with Crippen LogP contribution in [0.2, 0.25) is 5.02 Å². The fourth-order valence-electron chi connectivity index (χ4n) is 3.82. The smallest absolute Gasteiger partial charge is 0.226 e. The van der Waals surface area contributed by atoms with E-state index in [4.69, 9.17) is 17.3 Å². The number of amides is 2. The molecule has 2 fully saturated rings. The Balaban J connectivity index is 0.00000261. The number of hydrogen-bond acceptors (Lipinski definition) is 3. The van der Waals surface area contributed by atoms with Gasteiger partial charge in [-0.1, -0.05) is 17.7 Å². The van der Waals surface area contributed by atoms with Crippen molar-refractivity contribution in [2.24, 2.45) is 11.7 Å². The number of nitrogens with two attached hydrogens (primary N) is 1. The van der Waals surface area contributed by atoms with E-state index in [-0.39, 0.29) is 54.3 Å². The summed E-state index contributed by atoms with van der Waals surface area (Å²) in [6.45, 7) is 1.44. The lowest BCUT2D eigenvalue weighted by molar-refractivity contribution is -0.137. The van der Waals surface area contributed by atoms with Crippen LogP contribution in [-0.4, -0.2) is 42.4 Å². The molecule has 150 valence electrons. The van der Waals surface area contributed by atoms with Crippen LogP contribution in [0.5, 0.6) is 0 Å². The molecule has 2 amide bonds. The third kappa shape index (κ3) is 5.12. The van der Waals surface area contributed by atoms with Crippen molar-refractivity contribution in [3.8, 4) is 0 Å². The van der Waals surface area contributed by atoms with Crippen molar-refractivity contribution in [2.45, 2.75) is 44.1 Å². The van der Waals surface area contributed by atoms with Gasteiger partial charge in [0.15, 0.2) is 0 Å². The van der Waals surface area contributed by atoms with Crippen LogP contribution in [0.25, 0.3) is 0 Å². The number of benzene rings is 1. The second-order valence-electron chi connectivity index (χ2n) is 7.11. The van der Waals surface area contributed by atoms with Crippen molar-refractivity contribution in [1.29, 1.82) is 0 Å². The lowest BCUT2D eigenvalue weighted by Crippen LogP contribution is -2.50. The van der Waals surface area contributed by atoms with Crippen molar-refractivity contribution in [3.05, 3.63) is 34.6 Å². The van der Waals surface area contributed by atoms with Gasteiger partial charge in [0.1, 0.15) is 5.82 Å². The molecule has 3 N–H and O–H groups in total. The van der Waals surface area contributed by atoms with E-state index in [1.807, 2.05) is 4.90 Å². The molecule has 1 aliphatic carbocycles. The molecule has 3 atom stereocenters. The molecule has 1 heterocycles. The molecule has 3 unspecified atom stereocenters. The van der Waals surface area contributed by atoms with Crippen LogP contribution in [-0.2, 0) is 9.59 Å². The Morgan fingerprint density at radius 2 is 2.11 bits per heavy atom. The minimum Gasteiger partial charge on any atom is -0.354 e. The van der Waals surface area contributed by atoms with Gasteiger partial charge in [-0.2, -0.15) is 0 Å². The molecule has 1 aromatic carbocycles. The fourth-order valence-corrected chi connectivity index (χ4v) is 4.12. The van der Waals surface area contributed by atoms with E-state index in [1.54, 1.807) is 12.1 Å². The minimum absolute atomic E-state index is 0. The highest BCUT2D eigenvalue weighted by Gasteiger charge is 2.48. The molecule has 1 saturated carbocycles. The Bertz CT molecular complexity index is 669. The van der Waals surface area contributed by atoms with Gasteiger partial charge >= 0.3 is 0 Å². The largest absolute Gasteiger partial charge is 0.354 e. The lowest BCUT2D eigenvalue weighted by Gasteiger charge is -2.36. The van der Waals surface area contributed by atoms with Gasteiger partial charge in [0, 0.05) is 54.5 Å². The van der Waals surface area contributed by atoms with Crippen LogP contribution >= 0.6 is 24.0 Å². The summed E-state index contributed by atoms with van der Waals surface area (Å²) in [5.74, 6) is -0.752. The van der Waals surface area contributed by atoms with Crippen LogP contribution in [0.4, 0.5) is 4.39 Å². The monoisotopic (exact) mass is 417 g/mol. The standard InChI is InChI=1S/C19H25ClFN3O2.ClH/c20-15-5-3-6-16(21)18(15)13-10-14(13)19(26)24-9-2-1-4-12(24)11-23-17(25)7-8-22;/h3,5-6,12-14H,1-2,4,7-11,22H2,(H,23,25);1H. The molecule has 8 heteroatoms. The Morgan fingerprint density at radius 3 is 2.81 bits per heavy atom. The Morgan fingerprint density at radius 1 is 1.33 bits per heavy atom. The quantitative estimate of drug-likeness (QED) is 0.746. The summed E-state index contributed by atoms with van der Waals surface area (Å²) in [6.07, 6.45) is 3.77. The average Bonchev–Trinajstić information content (AvgIpc) is 3.40. The van der Waals surface area contributed by atoms with Gasteiger partial charge in [0.2, 0.25) is 11.8 Å². The molecule has 3 rings (SSSR count). The number of piperidine rings is 1. The Hall–Kier alpha value is -1.37. The summed E-state index contributed by atoms with van der Waals surface area (Å²) in [7, 11) is 0. The van der Waals surface area contributed by atoms with Crippen molar-refractivity contribution < 1.29 is 14.0 Å². The molecule has 5 nitrogen and oxygen atoms in total. The Labute approximate surface area is 170 Å². The molecule has 0 bridgehead atoms. The second-order valence-corrected chi connectivity index (χ2v) is 7.52. The summed E-state index contributed by atoms with van der Waals surface area (Å²) >= 11 is 6.14. The topological polar surface area (TPSA) is 75.4 Å². The minimum atomic E-state index is -0.345. The number of rotatable bonds is 6. The Kier molecular flexibility index (Phi) is 7.89. The number of nitrogens with one attached hydrogen (secondary N) is 1. The van der Waals surface area contributed by atoms with Gasteiger partial charge in [-0.05, 0) is 37.8 Å². The van der Waals surface area contributed by atoms with Gasteiger partial charge < -0.3 is 16.0 Å². The summed E-state index contributed by atoms with van der Waals surface area (Å²) in [5, 5.41) is 3.25. The zero-order valence-electron chi connectivity index (χ0n) is 15.1. The second kappa shape index (κ2) is 9.71. The molecule has 1 aromatic rings. The van der Waals surface area contributed by atoms with E-state index >= 15 is 0 Å². The van der Waals surface area contributed by atoms with Gasteiger partial charge in [-0.25, -0.2) is 4.39 Å². The highest BCUT2D eigenvalue weighted by molar-refractivity contribution is 6.31. The van der Waals surface area contributed by atoms with Crippen molar-refractivity contribution in [2.75, 3.05) is 19.6 Å². The SMILES string of the molecule is Cl.NCCC(=O)NCC1CCCCN1C(=O)C1CC1c1c(F)cccc1Cl. The molecule has 1 saturated heterocycles. The summed E-state index contributed by atoms with van der Waals surface area (Å²) < 4.78 is 14.1. The molecule has 0 radical (unpaired) electrons. The maximum absolute atomic E-state index is 14.1. The van der Waals surface area contributed by atoms with Crippen LogP contribution in [0.15, 0.2) is 18.2 Å². The zero-order valence-corrected chi connectivity index (χ0v) is 16.7. The number of carbonyl (C=O) groups excluding carboxylic acids is 2. The number of hydrogen-bond donors (Lipinski definition) is 2. The first-order valence-electron chi connectivity index (χ1n) is 9.24. The maximum Gasteiger partial charge on any atom is 0.226 e. The molecular formula is C19H26Cl2FN3O2. The lowest BCUT2D eigenvalue weighted by atomic mass is 10.0. The molecule has 1 aliphatic heterocycles. The molecule has 27 heavy (non-hydrogen) atoms. The third-order valence-electron chi connectivity index (χ3n) is 5.29. The van der Waals surface area contributed by atoms with Gasteiger partial charge in [-0.15, -0.1) is 12.4 Å².